The molecule has 9 heteroatoms. The lowest BCUT2D eigenvalue weighted by Gasteiger charge is -2.13. The van der Waals surface area contributed by atoms with Crippen LogP contribution in [0.25, 0.3) is 0 Å². The van der Waals surface area contributed by atoms with E-state index >= 15 is 0 Å². The minimum absolute atomic E-state index is 0.0714. The Morgan fingerprint density at radius 1 is 1.19 bits per heavy atom. The lowest BCUT2D eigenvalue weighted by Crippen LogP contribution is -2.44. The van der Waals surface area contributed by atoms with Gasteiger partial charge in [-0.2, -0.15) is 0 Å². The van der Waals surface area contributed by atoms with Crippen LogP contribution in [0, 0.1) is 0 Å². The number of imide groups is 1. The van der Waals surface area contributed by atoms with Gasteiger partial charge in [-0.15, -0.1) is 0 Å². The summed E-state index contributed by atoms with van der Waals surface area (Å²) in [7, 11) is 3.85. The van der Waals surface area contributed by atoms with Gasteiger partial charge in [-0.3, -0.25) is 24.1 Å². The third-order valence-electron chi connectivity index (χ3n) is 2.74. The van der Waals surface area contributed by atoms with Gasteiger partial charge in [-0.1, -0.05) is 11.8 Å². The summed E-state index contributed by atoms with van der Waals surface area (Å²) in [5.74, 6) is -1.60. The van der Waals surface area contributed by atoms with E-state index in [0.717, 1.165) is 29.6 Å². The van der Waals surface area contributed by atoms with Crippen molar-refractivity contribution in [3.05, 3.63) is 0 Å². The smallest absolute Gasteiger partial charge is 0.309 e. The minimum atomic E-state index is -0.758. The van der Waals surface area contributed by atoms with Crippen molar-refractivity contribution in [2.75, 3.05) is 46.0 Å². The monoisotopic (exact) mass is 316 g/mol. The van der Waals surface area contributed by atoms with Crippen molar-refractivity contribution in [2.45, 2.75) is 6.42 Å². The first-order valence-corrected chi connectivity index (χ1v) is 7.58. The zero-order valence-electron chi connectivity index (χ0n) is 12.2. The number of carbonyl (C=O) groups is 4. The van der Waals surface area contributed by atoms with Crippen LogP contribution < -0.4 is 10.6 Å². The Labute approximate surface area is 127 Å². The van der Waals surface area contributed by atoms with Crippen molar-refractivity contribution in [1.29, 1.82) is 0 Å². The van der Waals surface area contributed by atoms with Gasteiger partial charge in [0, 0.05) is 19.6 Å². The van der Waals surface area contributed by atoms with E-state index in [9.17, 15) is 19.2 Å². The largest absolute Gasteiger partial charge is 0.348 e. The molecule has 0 bridgehead atoms. The predicted octanol–water partition coefficient (Wildman–Crippen LogP) is -1.13. The highest BCUT2D eigenvalue weighted by atomic mass is 32.2. The van der Waals surface area contributed by atoms with E-state index in [4.69, 9.17) is 0 Å². The maximum atomic E-state index is 11.5. The normalized spacial score (nSPS) is 14.7. The SMILES string of the molecule is CN(C)CCCNC(=O)C(=O)NCCN1C(=O)CSC1=O. The summed E-state index contributed by atoms with van der Waals surface area (Å²) in [6.45, 7) is 1.40. The molecule has 0 unspecified atom stereocenters. The van der Waals surface area contributed by atoms with Gasteiger partial charge < -0.3 is 15.5 Å². The molecule has 2 N–H and O–H groups in total. The van der Waals surface area contributed by atoms with Gasteiger partial charge in [0.25, 0.3) is 5.24 Å². The molecule has 118 valence electrons. The molecule has 1 aliphatic heterocycles. The molecule has 1 heterocycles. The van der Waals surface area contributed by atoms with Crippen LogP contribution in [0.5, 0.6) is 0 Å². The van der Waals surface area contributed by atoms with E-state index in [1.807, 2.05) is 19.0 Å². The second-order valence-electron chi connectivity index (χ2n) is 4.77. The molecule has 0 aliphatic carbocycles. The number of hydrogen-bond donors (Lipinski definition) is 2. The van der Waals surface area contributed by atoms with Crippen LogP contribution in [0.2, 0.25) is 0 Å². The van der Waals surface area contributed by atoms with Gasteiger partial charge >= 0.3 is 11.8 Å². The van der Waals surface area contributed by atoms with Gasteiger partial charge in [0.05, 0.1) is 5.75 Å². The summed E-state index contributed by atoms with van der Waals surface area (Å²) in [6, 6.07) is 0. The Bertz CT molecular complexity index is 411. The second kappa shape index (κ2) is 8.63. The molecular formula is C12H20N4O4S. The van der Waals surface area contributed by atoms with Crippen LogP contribution in [-0.4, -0.2) is 78.8 Å². The fraction of sp³-hybridized carbons (Fsp3) is 0.667. The molecule has 4 amide bonds. The van der Waals surface area contributed by atoms with Crippen LogP contribution in [-0.2, 0) is 14.4 Å². The molecule has 21 heavy (non-hydrogen) atoms. The first-order chi connectivity index (χ1) is 9.91. The van der Waals surface area contributed by atoms with Crippen LogP contribution in [0.15, 0.2) is 0 Å². The number of thioether (sulfide) groups is 1. The molecular weight excluding hydrogens is 296 g/mol. The zero-order chi connectivity index (χ0) is 15.8. The topological polar surface area (TPSA) is 98.8 Å². The second-order valence-corrected chi connectivity index (χ2v) is 5.70. The Kier molecular flexibility index (Phi) is 7.17. The van der Waals surface area contributed by atoms with Crippen LogP contribution >= 0.6 is 11.8 Å². The fourth-order valence-electron chi connectivity index (χ4n) is 1.64. The summed E-state index contributed by atoms with van der Waals surface area (Å²) in [6.07, 6.45) is 0.750. The number of carbonyl (C=O) groups excluding carboxylic acids is 4. The lowest BCUT2D eigenvalue weighted by atomic mass is 10.4. The number of hydrogen-bond acceptors (Lipinski definition) is 6. The summed E-state index contributed by atoms with van der Waals surface area (Å²) < 4.78 is 0. The molecule has 8 nitrogen and oxygen atoms in total. The first-order valence-electron chi connectivity index (χ1n) is 6.59. The van der Waals surface area contributed by atoms with E-state index in [2.05, 4.69) is 10.6 Å². The van der Waals surface area contributed by atoms with Gasteiger partial charge in [0.15, 0.2) is 0 Å². The Morgan fingerprint density at radius 2 is 1.81 bits per heavy atom. The number of nitrogens with zero attached hydrogens (tertiary/aromatic N) is 2. The minimum Gasteiger partial charge on any atom is -0.348 e. The lowest BCUT2D eigenvalue weighted by molar-refractivity contribution is -0.139. The van der Waals surface area contributed by atoms with E-state index in [1.165, 1.54) is 0 Å². The average molecular weight is 316 g/mol. The van der Waals surface area contributed by atoms with E-state index < -0.39 is 11.8 Å². The van der Waals surface area contributed by atoms with Crippen molar-refractivity contribution >= 4 is 34.7 Å². The van der Waals surface area contributed by atoms with Crippen LogP contribution in [0.4, 0.5) is 4.79 Å². The number of rotatable bonds is 7. The van der Waals surface area contributed by atoms with Crippen molar-refractivity contribution in [1.82, 2.24) is 20.4 Å². The highest BCUT2D eigenvalue weighted by Crippen LogP contribution is 2.17. The highest BCUT2D eigenvalue weighted by Gasteiger charge is 2.29. The molecule has 0 aromatic carbocycles. The first kappa shape index (κ1) is 17.4. The average Bonchev–Trinajstić information content (AvgIpc) is 2.74. The van der Waals surface area contributed by atoms with Crippen molar-refractivity contribution in [3.63, 3.8) is 0 Å². The summed E-state index contributed by atoms with van der Waals surface area (Å²) in [4.78, 5) is 48.6. The molecule has 1 rings (SSSR count). The van der Waals surface area contributed by atoms with Gasteiger partial charge in [-0.05, 0) is 27.1 Å². The van der Waals surface area contributed by atoms with E-state index in [0.29, 0.717) is 6.54 Å². The maximum Gasteiger partial charge on any atom is 0.309 e. The molecule has 0 spiro atoms. The quantitative estimate of drug-likeness (QED) is 0.455. The Hall–Kier alpha value is -1.61. The zero-order valence-corrected chi connectivity index (χ0v) is 13.0. The summed E-state index contributed by atoms with van der Waals surface area (Å²) >= 11 is 0.936. The van der Waals surface area contributed by atoms with E-state index in [1.54, 1.807) is 0 Å². The van der Waals surface area contributed by atoms with Crippen LogP contribution in [0.3, 0.4) is 0 Å². The third-order valence-corrected chi connectivity index (χ3v) is 3.59. The Balaban J connectivity index is 2.16. The molecule has 0 aromatic rings. The van der Waals surface area contributed by atoms with Gasteiger partial charge in [0.2, 0.25) is 5.91 Å². The molecule has 1 saturated heterocycles. The van der Waals surface area contributed by atoms with Crippen molar-refractivity contribution in [2.24, 2.45) is 0 Å². The predicted molar refractivity (Wildman–Crippen MR) is 78.8 cm³/mol. The van der Waals surface area contributed by atoms with Gasteiger partial charge in [0.1, 0.15) is 0 Å². The number of nitrogens with one attached hydrogen (secondary N) is 2. The molecule has 1 fully saturated rings. The molecule has 0 atom stereocenters. The summed E-state index contributed by atoms with van der Waals surface area (Å²) in [5.41, 5.74) is 0. The fourth-order valence-corrected chi connectivity index (χ4v) is 2.39. The standard InChI is InChI=1S/C12H20N4O4S/c1-15(2)6-3-4-13-10(18)11(19)14-5-7-16-9(17)8-21-12(16)20/h3-8H2,1-2H3,(H,13,18)(H,14,19). The van der Waals surface area contributed by atoms with Gasteiger partial charge in [-0.25, -0.2) is 0 Å². The summed E-state index contributed by atoms with van der Waals surface area (Å²) in [5, 5.41) is 4.57. The third kappa shape index (κ3) is 6.13. The van der Waals surface area contributed by atoms with Crippen molar-refractivity contribution in [3.8, 4) is 0 Å². The molecule has 1 aliphatic rings. The molecule has 0 saturated carbocycles. The maximum absolute atomic E-state index is 11.5. The Morgan fingerprint density at radius 3 is 2.33 bits per heavy atom. The van der Waals surface area contributed by atoms with Crippen LogP contribution in [0.1, 0.15) is 6.42 Å². The highest BCUT2D eigenvalue weighted by molar-refractivity contribution is 8.14. The number of amides is 4. The van der Waals surface area contributed by atoms with Crippen molar-refractivity contribution < 1.29 is 19.2 Å². The molecule has 0 radical (unpaired) electrons. The van der Waals surface area contributed by atoms with E-state index in [-0.39, 0.29) is 30.0 Å². The molecule has 0 aromatic heterocycles.